The van der Waals surface area contributed by atoms with Crippen molar-refractivity contribution in [3.05, 3.63) is 86.0 Å². The molecule has 0 aliphatic rings. The largest absolute Gasteiger partial charge is 0.332 e. The summed E-state index contributed by atoms with van der Waals surface area (Å²) in [5, 5.41) is 2.32. The molecule has 0 fully saturated rings. The second-order valence-electron chi connectivity index (χ2n) is 8.14. The van der Waals surface area contributed by atoms with Crippen LogP contribution in [-0.4, -0.2) is 36.1 Å². The molecule has 3 aromatic rings. The molecule has 1 atom stereocenters. The van der Waals surface area contributed by atoms with Crippen LogP contribution in [0.4, 0.5) is 0 Å². The van der Waals surface area contributed by atoms with Gasteiger partial charge in [-0.2, -0.15) is 4.31 Å². The van der Waals surface area contributed by atoms with Gasteiger partial charge in [-0.05, 0) is 61.0 Å². The van der Waals surface area contributed by atoms with E-state index in [1.807, 2.05) is 55.6 Å². The topological polar surface area (TPSA) is 57.7 Å². The molecular weight excluding hydrogens is 511 g/mol. The molecule has 3 rings (SSSR count). The Hall–Kier alpha value is -1.90. The molecule has 0 N–H and O–H groups in total. The fourth-order valence-corrected chi connectivity index (χ4v) is 6.81. The highest BCUT2D eigenvalue weighted by Crippen LogP contribution is 2.29. The highest BCUT2D eigenvalue weighted by molar-refractivity contribution is 7.89. The summed E-state index contributed by atoms with van der Waals surface area (Å²) >= 11 is 13.9. The van der Waals surface area contributed by atoms with Crippen molar-refractivity contribution >= 4 is 50.5 Å². The first-order valence-corrected chi connectivity index (χ1v) is 14.0. The molecule has 9 heteroatoms. The fraction of sp³-hybridized carbons (Fsp3) is 0.320. The van der Waals surface area contributed by atoms with Gasteiger partial charge in [0.05, 0.1) is 18.1 Å². The van der Waals surface area contributed by atoms with Crippen LogP contribution in [0.5, 0.6) is 0 Å². The summed E-state index contributed by atoms with van der Waals surface area (Å²) in [6.45, 7) is 6.17. The first-order chi connectivity index (χ1) is 16.1. The van der Waals surface area contributed by atoms with Gasteiger partial charge in [0.15, 0.2) is 0 Å². The van der Waals surface area contributed by atoms with Crippen molar-refractivity contribution in [1.29, 1.82) is 0 Å². The number of thiophene rings is 1. The summed E-state index contributed by atoms with van der Waals surface area (Å²) in [6, 6.07) is 15.6. The Bertz CT molecular complexity index is 1230. The van der Waals surface area contributed by atoms with Crippen LogP contribution in [0.2, 0.25) is 10.0 Å². The Balaban J connectivity index is 1.94. The van der Waals surface area contributed by atoms with Crippen molar-refractivity contribution < 1.29 is 13.2 Å². The Labute approximate surface area is 216 Å². The maximum absolute atomic E-state index is 13.6. The van der Waals surface area contributed by atoms with Crippen LogP contribution in [0.15, 0.2) is 64.9 Å². The number of halogens is 2. The van der Waals surface area contributed by atoms with E-state index in [4.69, 9.17) is 23.2 Å². The van der Waals surface area contributed by atoms with Gasteiger partial charge < -0.3 is 4.90 Å². The molecule has 1 heterocycles. The van der Waals surface area contributed by atoms with Crippen LogP contribution in [0, 0.1) is 6.92 Å². The van der Waals surface area contributed by atoms with Crippen molar-refractivity contribution in [1.82, 2.24) is 9.21 Å². The molecule has 0 saturated heterocycles. The summed E-state index contributed by atoms with van der Waals surface area (Å²) in [5.74, 6) is -0.279. The highest BCUT2D eigenvalue weighted by Gasteiger charge is 2.33. The Morgan fingerprint density at radius 3 is 2.38 bits per heavy atom. The summed E-state index contributed by atoms with van der Waals surface area (Å²) in [7, 11) is -4.07. The SMILES string of the molecule is CC[C@H](C)N(CC(=O)N(Cc1ccccc1)Cc1sccc1C)S(=O)(=O)c1cc(Cl)ccc1Cl. The molecule has 1 aromatic heterocycles. The minimum Gasteiger partial charge on any atom is -0.332 e. The van der Waals surface area contributed by atoms with Crippen molar-refractivity contribution in [3.8, 4) is 0 Å². The second-order valence-corrected chi connectivity index (χ2v) is 11.8. The maximum atomic E-state index is 13.6. The predicted octanol–water partition coefficient (Wildman–Crippen LogP) is 6.38. The lowest BCUT2D eigenvalue weighted by atomic mass is 10.2. The van der Waals surface area contributed by atoms with Crippen molar-refractivity contribution in [2.75, 3.05) is 6.54 Å². The van der Waals surface area contributed by atoms with Gasteiger partial charge in [-0.25, -0.2) is 8.42 Å². The number of aryl methyl sites for hydroxylation is 1. The van der Waals surface area contributed by atoms with E-state index in [9.17, 15) is 13.2 Å². The van der Waals surface area contributed by atoms with E-state index >= 15 is 0 Å². The number of sulfonamides is 1. The Kier molecular flexibility index (Phi) is 9.18. The van der Waals surface area contributed by atoms with Crippen LogP contribution < -0.4 is 0 Å². The van der Waals surface area contributed by atoms with Gasteiger partial charge in [0.1, 0.15) is 4.90 Å². The number of hydrogen-bond acceptors (Lipinski definition) is 4. The third kappa shape index (κ3) is 6.40. The Morgan fingerprint density at radius 2 is 1.76 bits per heavy atom. The van der Waals surface area contributed by atoms with E-state index < -0.39 is 16.1 Å². The molecule has 1 amide bonds. The van der Waals surface area contributed by atoms with E-state index in [-0.39, 0.29) is 27.4 Å². The van der Waals surface area contributed by atoms with Gasteiger partial charge in [0.2, 0.25) is 15.9 Å². The number of carbonyl (C=O) groups is 1. The van der Waals surface area contributed by atoms with Gasteiger partial charge in [0.25, 0.3) is 0 Å². The summed E-state index contributed by atoms with van der Waals surface area (Å²) < 4.78 is 28.4. The zero-order valence-electron chi connectivity index (χ0n) is 19.4. The van der Waals surface area contributed by atoms with Crippen molar-refractivity contribution in [2.24, 2.45) is 0 Å². The Morgan fingerprint density at radius 1 is 1.06 bits per heavy atom. The molecule has 5 nitrogen and oxygen atoms in total. The van der Waals surface area contributed by atoms with Gasteiger partial charge in [0, 0.05) is 22.5 Å². The maximum Gasteiger partial charge on any atom is 0.245 e. The minimum absolute atomic E-state index is 0.0699. The number of nitrogens with zero attached hydrogens (tertiary/aromatic N) is 2. The van der Waals surface area contributed by atoms with Crippen LogP contribution in [0.25, 0.3) is 0 Å². The lowest BCUT2D eigenvalue weighted by molar-refractivity contribution is -0.133. The van der Waals surface area contributed by atoms with Gasteiger partial charge in [-0.3, -0.25) is 4.79 Å². The average molecular weight is 540 g/mol. The number of rotatable bonds is 10. The van der Waals surface area contributed by atoms with Crippen molar-refractivity contribution in [3.63, 3.8) is 0 Å². The molecule has 0 unspecified atom stereocenters. The quantitative estimate of drug-likeness (QED) is 0.300. The number of hydrogen-bond donors (Lipinski definition) is 0. The van der Waals surface area contributed by atoms with E-state index in [1.165, 1.54) is 22.5 Å². The third-order valence-electron chi connectivity index (χ3n) is 5.73. The molecule has 182 valence electrons. The van der Waals surface area contributed by atoms with Crippen LogP contribution in [0.3, 0.4) is 0 Å². The molecule has 0 saturated carbocycles. The van der Waals surface area contributed by atoms with Crippen molar-refractivity contribution in [2.45, 2.75) is 51.2 Å². The summed E-state index contributed by atoms with van der Waals surface area (Å²) in [5.41, 5.74) is 2.08. The zero-order chi connectivity index (χ0) is 24.9. The zero-order valence-corrected chi connectivity index (χ0v) is 22.5. The van der Waals surface area contributed by atoms with Crippen LogP contribution in [0.1, 0.15) is 36.3 Å². The minimum atomic E-state index is -4.07. The van der Waals surface area contributed by atoms with E-state index in [2.05, 4.69) is 0 Å². The van der Waals surface area contributed by atoms with E-state index in [0.717, 1.165) is 16.0 Å². The lowest BCUT2D eigenvalue weighted by Crippen LogP contribution is -2.46. The third-order valence-corrected chi connectivity index (χ3v) is 9.41. The molecular formula is C25H28Cl2N2O3S2. The highest BCUT2D eigenvalue weighted by atomic mass is 35.5. The molecule has 2 aromatic carbocycles. The number of benzene rings is 2. The average Bonchev–Trinajstić information content (AvgIpc) is 3.22. The molecule has 0 spiro atoms. The van der Waals surface area contributed by atoms with E-state index in [1.54, 1.807) is 23.2 Å². The molecule has 0 radical (unpaired) electrons. The van der Waals surface area contributed by atoms with Gasteiger partial charge in [-0.1, -0.05) is 60.5 Å². The molecule has 34 heavy (non-hydrogen) atoms. The number of amides is 1. The predicted molar refractivity (Wildman–Crippen MR) is 140 cm³/mol. The first-order valence-electron chi connectivity index (χ1n) is 10.9. The monoisotopic (exact) mass is 538 g/mol. The summed E-state index contributed by atoms with van der Waals surface area (Å²) in [6.07, 6.45) is 0.535. The van der Waals surface area contributed by atoms with Crippen LogP contribution >= 0.6 is 34.5 Å². The normalized spacial score (nSPS) is 12.6. The fourth-order valence-electron chi connectivity index (χ4n) is 3.49. The molecule has 0 aliphatic heterocycles. The number of carbonyl (C=O) groups excluding carboxylic acids is 1. The van der Waals surface area contributed by atoms with E-state index in [0.29, 0.717) is 19.5 Å². The second kappa shape index (κ2) is 11.7. The first kappa shape index (κ1) is 26.7. The summed E-state index contributed by atoms with van der Waals surface area (Å²) in [4.78, 5) is 16.3. The molecule has 0 aliphatic carbocycles. The smallest absolute Gasteiger partial charge is 0.245 e. The lowest BCUT2D eigenvalue weighted by Gasteiger charge is -2.31. The molecule has 0 bridgehead atoms. The standard InChI is InChI=1S/C25H28Cl2N2O3S2/c1-4-19(3)29(34(31,32)24-14-21(26)10-11-22(24)27)17-25(30)28(15-20-8-6-5-7-9-20)16-23-18(2)12-13-33-23/h5-14,19H,4,15-17H2,1-3H3/t19-/m0/s1. The van der Waals surface area contributed by atoms with Crippen LogP contribution in [-0.2, 0) is 27.9 Å². The van der Waals surface area contributed by atoms with Gasteiger partial charge >= 0.3 is 0 Å². The van der Waals surface area contributed by atoms with Gasteiger partial charge in [-0.15, -0.1) is 11.3 Å².